The van der Waals surface area contributed by atoms with Crippen molar-refractivity contribution in [3.8, 4) is 0 Å². The van der Waals surface area contributed by atoms with Crippen molar-refractivity contribution in [2.24, 2.45) is 16.6 Å². The van der Waals surface area contributed by atoms with E-state index in [4.69, 9.17) is 10.7 Å². The van der Waals surface area contributed by atoms with Crippen molar-refractivity contribution in [3.05, 3.63) is 22.4 Å². The van der Waals surface area contributed by atoms with Gasteiger partial charge in [0.1, 0.15) is 0 Å². The molecule has 0 saturated heterocycles. The Hall–Kier alpha value is -0.830. The van der Waals surface area contributed by atoms with E-state index in [1.54, 1.807) is 11.3 Å². The Labute approximate surface area is 114 Å². The standard InChI is InChI=1S/C15H24N2S/c1-2-7-13(14-10-6-11-18-14)17-15(16)12-8-4-3-5-9-12/h6,10-13H,2-5,7-9H2,1H3,(H2,16,17). The highest BCUT2D eigenvalue weighted by atomic mass is 32.1. The summed E-state index contributed by atoms with van der Waals surface area (Å²) in [6.07, 6.45) is 8.74. The maximum absolute atomic E-state index is 6.24. The number of nitrogens with two attached hydrogens (primary N) is 1. The van der Waals surface area contributed by atoms with Crippen LogP contribution in [0.4, 0.5) is 0 Å². The molecule has 1 aliphatic rings. The minimum absolute atomic E-state index is 0.289. The molecule has 2 nitrogen and oxygen atoms in total. The summed E-state index contributed by atoms with van der Waals surface area (Å²) in [7, 11) is 0. The van der Waals surface area contributed by atoms with Crippen LogP contribution in [0.15, 0.2) is 22.5 Å². The number of amidine groups is 1. The second-order valence-electron chi connectivity index (χ2n) is 5.21. The average molecular weight is 264 g/mol. The summed E-state index contributed by atoms with van der Waals surface area (Å²) >= 11 is 1.80. The van der Waals surface area contributed by atoms with Crippen molar-refractivity contribution >= 4 is 17.2 Å². The van der Waals surface area contributed by atoms with Crippen LogP contribution in [0.2, 0.25) is 0 Å². The molecule has 2 rings (SSSR count). The predicted octanol–water partition coefficient (Wildman–Crippen LogP) is 4.53. The first-order valence-electron chi connectivity index (χ1n) is 7.17. The second kappa shape index (κ2) is 6.93. The van der Waals surface area contributed by atoms with E-state index in [-0.39, 0.29) is 6.04 Å². The molecule has 0 radical (unpaired) electrons. The summed E-state index contributed by atoms with van der Waals surface area (Å²) in [4.78, 5) is 6.19. The van der Waals surface area contributed by atoms with Gasteiger partial charge in [-0.05, 0) is 30.7 Å². The first-order valence-corrected chi connectivity index (χ1v) is 8.05. The quantitative estimate of drug-likeness (QED) is 0.616. The lowest BCUT2D eigenvalue weighted by atomic mass is 9.88. The molecule has 3 heteroatoms. The molecule has 1 aromatic heterocycles. The fourth-order valence-corrected chi connectivity index (χ4v) is 3.51. The molecule has 1 fully saturated rings. The number of aliphatic imine (C=N–C) groups is 1. The first kappa shape index (κ1) is 13.6. The lowest BCUT2D eigenvalue weighted by Crippen LogP contribution is -2.26. The minimum atomic E-state index is 0.289. The van der Waals surface area contributed by atoms with Gasteiger partial charge in [-0.25, -0.2) is 0 Å². The van der Waals surface area contributed by atoms with Crippen molar-refractivity contribution in [2.45, 2.75) is 57.9 Å². The Morgan fingerprint density at radius 1 is 1.44 bits per heavy atom. The molecule has 0 bridgehead atoms. The van der Waals surface area contributed by atoms with Crippen LogP contribution in [0.3, 0.4) is 0 Å². The van der Waals surface area contributed by atoms with E-state index in [0.29, 0.717) is 5.92 Å². The Bertz CT molecular complexity index is 364. The summed E-state index contributed by atoms with van der Waals surface area (Å²) in [5, 5.41) is 2.13. The Morgan fingerprint density at radius 2 is 2.22 bits per heavy atom. The molecule has 18 heavy (non-hydrogen) atoms. The van der Waals surface area contributed by atoms with Gasteiger partial charge < -0.3 is 5.73 Å². The van der Waals surface area contributed by atoms with Crippen LogP contribution in [0, 0.1) is 5.92 Å². The normalized spacial score (nSPS) is 19.9. The smallest absolute Gasteiger partial charge is 0.0976 e. The summed E-state index contributed by atoms with van der Waals surface area (Å²) in [6.45, 7) is 2.22. The summed E-state index contributed by atoms with van der Waals surface area (Å²) in [6, 6.07) is 4.58. The van der Waals surface area contributed by atoms with Gasteiger partial charge in [0.05, 0.1) is 11.9 Å². The van der Waals surface area contributed by atoms with E-state index in [1.807, 2.05) is 0 Å². The van der Waals surface area contributed by atoms with E-state index < -0.39 is 0 Å². The van der Waals surface area contributed by atoms with Crippen LogP contribution in [-0.2, 0) is 0 Å². The van der Waals surface area contributed by atoms with Gasteiger partial charge in [0, 0.05) is 10.8 Å². The van der Waals surface area contributed by atoms with Gasteiger partial charge >= 0.3 is 0 Å². The van der Waals surface area contributed by atoms with Crippen LogP contribution < -0.4 is 5.73 Å². The zero-order valence-electron chi connectivity index (χ0n) is 11.3. The Kier molecular flexibility index (Phi) is 5.24. The fraction of sp³-hybridized carbons (Fsp3) is 0.667. The third-order valence-corrected chi connectivity index (χ3v) is 4.74. The molecule has 1 atom stereocenters. The number of rotatable bonds is 5. The van der Waals surface area contributed by atoms with Crippen molar-refractivity contribution in [3.63, 3.8) is 0 Å². The summed E-state index contributed by atoms with van der Waals surface area (Å²) < 4.78 is 0. The van der Waals surface area contributed by atoms with Crippen LogP contribution in [0.1, 0.15) is 62.8 Å². The van der Waals surface area contributed by atoms with E-state index in [0.717, 1.165) is 18.7 Å². The SMILES string of the molecule is CCCC(N=C(N)C1CCCCC1)c1cccs1. The highest BCUT2D eigenvalue weighted by Crippen LogP contribution is 2.29. The van der Waals surface area contributed by atoms with Gasteiger partial charge in [-0.3, -0.25) is 4.99 Å². The van der Waals surface area contributed by atoms with Gasteiger partial charge in [0.2, 0.25) is 0 Å². The number of hydrogen-bond donors (Lipinski definition) is 1. The zero-order chi connectivity index (χ0) is 12.8. The van der Waals surface area contributed by atoms with Crippen molar-refractivity contribution in [2.75, 3.05) is 0 Å². The average Bonchev–Trinajstić information content (AvgIpc) is 2.93. The highest BCUT2D eigenvalue weighted by molar-refractivity contribution is 7.10. The Balaban J connectivity index is 2.06. The maximum Gasteiger partial charge on any atom is 0.0976 e. The van der Waals surface area contributed by atoms with Gasteiger partial charge in [0.15, 0.2) is 0 Å². The van der Waals surface area contributed by atoms with Crippen LogP contribution >= 0.6 is 11.3 Å². The van der Waals surface area contributed by atoms with E-state index in [2.05, 4.69) is 24.4 Å². The minimum Gasteiger partial charge on any atom is -0.387 e. The number of hydrogen-bond acceptors (Lipinski definition) is 2. The monoisotopic (exact) mass is 264 g/mol. The summed E-state index contributed by atoms with van der Waals surface area (Å²) in [5.41, 5.74) is 6.24. The largest absolute Gasteiger partial charge is 0.387 e. The van der Waals surface area contributed by atoms with Gasteiger partial charge in [-0.1, -0.05) is 38.7 Å². The topological polar surface area (TPSA) is 38.4 Å². The lowest BCUT2D eigenvalue weighted by Gasteiger charge is -2.22. The second-order valence-corrected chi connectivity index (χ2v) is 6.19. The molecule has 0 amide bonds. The predicted molar refractivity (Wildman–Crippen MR) is 80.2 cm³/mol. The van der Waals surface area contributed by atoms with Crippen molar-refractivity contribution < 1.29 is 0 Å². The zero-order valence-corrected chi connectivity index (χ0v) is 12.1. The summed E-state index contributed by atoms with van der Waals surface area (Å²) in [5.74, 6) is 1.44. The van der Waals surface area contributed by atoms with Crippen molar-refractivity contribution in [1.29, 1.82) is 0 Å². The molecule has 1 aliphatic carbocycles. The van der Waals surface area contributed by atoms with Crippen LogP contribution in [0.25, 0.3) is 0 Å². The third-order valence-electron chi connectivity index (χ3n) is 3.76. The van der Waals surface area contributed by atoms with Crippen LogP contribution in [0.5, 0.6) is 0 Å². The Morgan fingerprint density at radius 3 is 2.83 bits per heavy atom. The maximum atomic E-state index is 6.24. The molecule has 2 N–H and O–H groups in total. The van der Waals surface area contributed by atoms with Crippen molar-refractivity contribution in [1.82, 2.24) is 0 Å². The number of nitrogens with zero attached hydrogens (tertiary/aromatic N) is 1. The molecule has 1 heterocycles. The molecule has 100 valence electrons. The molecular weight excluding hydrogens is 240 g/mol. The lowest BCUT2D eigenvalue weighted by molar-refractivity contribution is 0.434. The van der Waals surface area contributed by atoms with Gasteiger partial charge in [0.25, 0.3) is 0 Å². The molecule has 1 aromatic rings. The van der Waals surface area contributed by atoms with Gasteiger partial charge in [-0.2, -0.15) is 0 Å². The molecule has 0 spiro atoms. The van der Waals surface area contributed by atoms with E-state index in [9.17, 15) is 0 Å². The van der Waals surface area contributed by atoms with E-state index >= 15 is 0 Å². The molecule has 0 aliphatic heterocycles. The molecule has 1 saturated carbocycles. The van der Waals surface area contributed by atoms with Gasteiger partial charge in [-0.15, -0.1) is 11.3 Å². The molecule has 0 aromatic carbocycles. The molecular formula is C15H24N2S. The fourth-order valence-electron chi connectivity index (χ4n) is 2.71. The molecule has 1 unspecified atom stereocenters. The first-order chi connectivity index (χ1) is 8.81. The van der Waals surface area contributed by atoms with Crippen LogP contribution in [-0.4, -0.2) is 5.84 Å². The highest BCUT2D eigenvalue weighted by Gasteiger charge is 2.19. The third kappa shape index (κ3) is 3.58. The van der Waals surface area contributed by atoms with E-state index in [1.165, 1.54) is 37.0 Å². The number of thiophene rings is 1.